The molecule has 0 unspecified atom stereocenters. The standard InChI is InChI=1S/C16H18N2O3S2/c19-15(18-9-1-2-10-18)12-13-5-7-14(8-6-13)17-23(20,21)16-4-3-11-22-16/h3-8,11,17H,1-2,9-10,12H2. The number of rotatable bonds is 5. The van der Waals surface area contributed by atoms with Crippen LogP contribution < -0.4 is 4.72 Å². The van der Waals surface area contributed by atoms with Crippen LogP contribution in [0.2, 0.25) is 0 Å². The second-order valence-electron chi connectivity index (χ2n) is 5.50. The quantitative estimate of drug-likeness (QED) is 0.902. The highest BCUT2D eigenvalue weighted by Gasteiger charge is 2.18. The monoisotopic (exact) mass is 350 g/mol. The minimum atomic E-state index is -3.53. The Balaban J connectivity index is 1.64. The van der Waals surface area contributed by atoms with Crippen molar-refractivity contribution in [3.8, 4) is 0 Å². The number of anilines is 1. The number of hydrogen-bond donors (Lipinski definition) is 1. The molecule has 7 heteroatoms. The van der Waals surface area contributed by atoms with Crippen LogP contribution in [0.5, 0.6) is 0 Å². The van der Waals surface area contributed by atoms with E-state index in [1.54, 1.807) is 41.8 Å². The van der Waals surface area contributed by atoms with Crippen molar-refractivity contribution in [1.82, 2.24) is 4.90 Å². The zero-order valence-corrected chi connectivity index (χ0v) is 14.2. The fourth-order valence-corrected chi connectivity index (χ4v) is 4.62. The van der Waals surface area contributed by atoms with Crippen LogP contribution in [0.3, 0.4) is 0 Å². The van der Waals surface area contributed by atoms with E-state index in [1.807, 2.05) is 4.90 Å². The lowest BCUT2D eigenvalue weighted by Crippen LogP contribution is -2.29. The summed E-state index contributed by atoms with van der Waals surface area (Å²) in [5.74, 6) is 0.134. The Morgan fingerprint density at radius 3 is 2.43 bits per heavy atom. The smallest absolute Gasteiger partial charge is 0.271 e. The molecular formula is C16H18N2O3S2. The summed E-state index contributed by atoms with van der Waals surface area (Å²) in [5.41, 5.74) is 1.39. The van der Waals surface area contributed by atoms with Crippen molar-refractivity contribution in [3.05, 3.63) is 47.3 Å². The predicted octanol–water partition coefficient (Wildman–Crippen LogP) is 2.71. The Labute approximate surface area is 140 Å². The van der Waals surface area contributed by atoms with Gasteiger partial charge in [0.1, 0.15) is 4.21 Å². The van der Waals surface area contributed by atoms with Crippen LogP contribution >= 0.6 is 11.3 Å². The van der Waals surface area contributed by atoms with Gasteiger partial charge in [-0.3, -0.25) is 9.52 Å². The fourth-order valence-electron chi connectivity index (χ4n) is 2.57. The van der Waals surface area contributed by atoms with Crippen LogP contribution in [-0.4, -0.2) is 32.3 Å². The van der Waals surface area contributed by atoms with E-state index in [0.717, 1.165) is 31.5 Å². The molecule has 0 bridgehead atoms. The summed E-state index contributed by atoms with van der Waals surface area (Å²) in [7, 11) is -3.53. The number of amides is 1. The molecule has 1 aromatic heterocycles. The summed E-state index contributed by atoms with van der Waals surface area (Å²) in [4.78, 5) is 14.0. The number of nitrogens with zero attached hydrogens (tertiary/aromatic N) is 1. The van der Waals surface area contributed by atoms with E-state index in [4.69, 9.17) is 0 Å². The van der Waals surface area contributed by atoms with Gasteiger partial charge < -0.3 is 4.90 Å². The number of carbonyl (C=O) groups is 1. The normalized spacial score (nSPS) is 14.9. The second kappa shape index (κ2) is 6.72. The van der Waals surface area contributed by atoms with Crippen LogP contribution in [0.25, 0.3) is 0 Å². The minimum Gasteiger partial charge on any atom is -0.342 e. The molecule has 0 saturated carbocycles. The van der Waals surface area contributed by atoms with Crippen molar-refractivity contribution in [3.63, 3.8) is 0 Å². The summed E-state index contributed by atoms with van der Waals surface area (Å²) >= 11 is 1.17. The molecule has 1 aliphatic heterocycles. The molecule has 3 rings (SSSR count). The first-order chi connectivity index (χ1) is 11.0. The number of sulfonamides is 1. The van der Waals surface area contributed by atoms with Gasteiger partial charge in [-0.2, -0.15) is 0 Å². The lowest BCUT2D eigenvalue weighted by molar-refractivity contribution is -0.129. The van der Waals surface area contributed by atoms with Gasteiger partial charge >= 0.3 is 0 Å². The van der Waals surface area contributed by atoms with Crippen LogP contribution in [0.1, 0.15) is 18.4 Å². The molecule has 0 radical (unpaired) electrons. The molecule has 1 amide bonds. The molecule has 0 aliphatic carbocycles. The molecule has 1 saturated heterocycles. The largest absolute Gasteiger partial charge is 0.342 e. The van der Waals surface area contributed by atoms with Crippen molar-refractivity contribution in [2.24, 2.45) is 0 Å². The van der Waals surface area contributed by atoms with Crippen molar-refractivity contribution < 1.29 is 13.2 Å². The second-order valence-corrected chi connectivity index (χ2v) is 8.36. The zero-order chi connectivity index (χ0) is 16.3. The van der Waals surface area contributed by atoms with E-state index in [1.165, 1.54) is 11.3 Å². The molecule has 122 valence electrons. The van der Waals surface area contributed by atoms with Crippen LogP contribution in [0.4, 0.5) is 5.69 Å². The van der Waals surface area contributed by atoms with Crippen molar-refractivity contribution in [2.45, 2.75) is 23.5 Å². The van der Waals surface area contributed by atoms with Gasteiger partial charge in [0.05, 0.1) is 6.42 Å². The molecule has 2 aromatic rings. The number of likely N-dealkylation sites (tertiary alicyclic amines) is 1. The van der Waals surface area contributed by atoms with Crippen molar-refractivity contribution >= 4 is 33.0 Å². The maximum absolute atomic E-state index is 12.1. The highest BCUT2D eigenvalue weighted by atomic mass is 32.2. The summed E-state index contributed by atoms with van der Waals surface area (Å²) in [5, 5.41) is 1.72. The average Bonchev–Trinajstić information content (AvgIpc) is 3.23. The van der Waals surface area contributed by atoms with Gasteiger partial charge in [0.25, 0.3) is 10.0 Å². The molecule has 1 aromatic carbocycles. The Morgan fingerprint density at radius 1 is 1.13 bits per heavy atom. The summed E-state index contributed by atoms with van der Waals surface area (Å²) < 4.78 is 27.1. The van der Waals surface area contributed by atoms with E-state index in [-0.39, 0.29) is 10.1 Å². The van der Waals surface area contributed by atoms with Gasteiger partial charge in [0, 0.05) is 18.8 Å². The predicted molar refractivity (Wildman–Crippen MR) is 91.1 cm³/mol. The Bertz CT molecular complexity index is 762. The molecule has 1 aliphatic rings. The summed E-state index contributed by atoms with van der Waals surface area (Å²) in [6, 6.07) is 10.2. The topological polar surface area (TPSA) is 66.5 Å². The SMILES string of the molecule is O=C(Cc1ccc(NS(=O)(=O)c2cccs2)cc1)N1CCCC1. The third-order valence-corrected chi connectivity index (χ3v) is 6.56. The first-order valence-corrected chi connectivity index (χ1v) is 9.84. The van der Waals surface area contributed by atoms with Gasteiger partial charge in [-0.05, 0) is 42.0 Å². The molecular weight excluding hydrogens is 332 g/mol. The third kappa shape index (κ3) is 3.92. The van der Waals surface area contributed by atoms with Crippen LogP contribution in [-0.2, 0) is 21.2 Å². The van der Waals surface area contributed by atoms with Crippen LogP contribution in [0.15, 0.2) is 46.0 Å². The molecule has 0 spiro atoms. The van der Waals surface area contributed by atoms with Gasteiger partial charge in [0.2, 0.25) is 5.91 Å². The van der Waals surface area contributed by atoms with E-state index in [0.29, 0.717) is 12.1 Å². The molecule has 5 nitrogen and oxygen atoms in total. The Hall–Kier alpha value is -1.86. The third-order valence-electron chi connectivity index (χ3n) is 3.78. The maximum atomic E-state index is 12.1. The van der Waals surface area contributed by atoms with Gasteiger partial charge in [-0.15, -0.1) is 11.3 Å². The highest BCUT2D eigenvalue weighted by Crippen LogP contribution is 2.20. The number of hydrogen-bond acceptors (Lipinski definition) is 4. The number of benzene rings is 1. The van der Waals surface area contributed by atoms with Crippen molar-refractivity contribution in [2.75, 3.05) is 17.8 Å². The number of thiophene rings is 1. The van der Waals surface area contributed by atoms with E-state index < -0.39 is 10.0 Å². The van der Waals surface area contributed by atoms with E-state index in [2.05, 4.69) is 4.72 Å². The average molecular weight is 350 g/mol. The molecule has 1 fully saturated rings. The lowest BCUT2D eigenvalue weighted by atomic mass is 10.1. The first kappa shape index (κ1) is 16.0. The highest BCUT2D eigenvalue weighted by molar-refractivity contribution is 7.94. The lowest BCUT2D eigenvalue weighted by Gasteiger charge is -2.15. The van der Waals surface area contributed by atoms with Gasteiger partial charge in [-0.25, -0.2) is 8.42 Å². The van der Waals surface area contributed by atoms with Crippen LogP contribution in [0, 0.1) is 0 Å². The number of carbonyl (C=O) groups excluding carboxylic acids is 1. The molecule has 1 N–H and O–H groups in total. The molecule has 2 heterocycles. The number of nitrogens with one attached hydrogen (secondary N) is 1. The summed E-state index contributed by atoms with van der Waals surface area (Å²) in [6.07, 6.45) is 2.52. The first-order valence-electron chi connectivity index (χ1n) is 7.48. The maximum Gasteiger partial charge on any atom is 0.271 e. The zero-order valence-electron chi connectivity index (χ0n) is 12.6. The van der Waals surface area contributed by atoms with E-state index >= 15 is 0 Å². The molecule has 0 atom stereocenters. The van der Waals surface area contributed by atoms with Gasteiger partial charge in [-0.1, -0.05) is 18.2 Å². The van der Waals surface area contributed by atoms with E-state index in [9.17, 15) is 13.2 Å². The Morgan fingerprint density at radius 2 is 1.83 bits per heavy atom. The van der Waals surface area contributed by atoms with Crippen molar-refractivity contribution in [1.29, 1.82) is 0 Å². The Kier molecular flexibility index (Phi) is 4.68. The summed E-state index contributed by atoms with van der Waals surface area (Å²) in [6.45, 7) is 1.69. The minimum absolute atomic E-state index is 0.134. The molecule has 23 heavy (non-hydrogen) atoms. The van der Waals surface area contributed by atoms with Gasteiger partial charge in [0.15, 0.2) is 0 Å². The fraction of sp³-hybridized carbons (Fsp3) is 0.312.